The third-order valence-corrected chi connectivity index (χ3v) is 6.44. The zero-order valence-electron chi connectivity index (χ0n) is 14.8. The second-order valence-electron chi connectivity index (χ2n) is 6.24. The first-order valence-corrected chi connectivity index (χ1v) is 10.6. The molecule has 0 unspecified atom stereocenters. The SMILES string of the molecule is O=C1C(SCc2ccccc2)=C(c2cccs2)C(=O)N1Cc1ccccc1F. The third kappa shape index (κ3) is 3.66. The number of thiophene rings is 1. The van der Waals surface area contributed by atoms with Crippen molar-refractivity contribution < 1.29 is 14.0 Å². The van der Waals surface area contributed by atoms with Crippen molar-refractivity contribution >= 4 is 40.5 Å². The quantitative estimate of drug-likeness (QED) is 0.532. The largest absolute Gasteiger partial charge is 0.269 e. The van der Waals surface area contributed by atoms with E-state index in [1.54, 1.807) is 18.2 Å². The Hall–Kier alpha value is -2.70. The Bertz CT molecular complexity index is 1050. The van der Waals surface area contributed by atoms with Crippen molar-refractivity contribution in [2.45, 2.75) is 12.3 Å². The van der Waals surface area contributed by atoms with Crippen LogP contribution in [0.4, 0.5) is 4.39 Å². The molecule has 0 saturated heterocycles. The molecule has 2 aromatic carbocycles. The molecule has 0 N–H and O–H groups in total. The second kappa shape index (κ2) is 8.12. The molecule has 0 spiro atoms. The van der Waals surface area contributed by atoms with E-state index in [-0.39, 0.29) is 18.4 Å². The van der Waals surface area contributed by atoms with Gasteiger partial charge in [0, 0.05) is 16.2 Å². The highest BCUT2D eigenvalue weighted by atomic mass is 32.2. The molecular weight excluding hydrogens is 393 g/mol. The van der Waals surface area contributed by atoms with Crippen LogP contribution in [0.5, 0.6) is 0 Å². The number of benzene rings is 2. The Labute approximate surface area is 170 Å². The maximum absolute atomic E-state index is 14.1. The van der Waals surface area contributed by atoms with Crippen LogP contribution in [0.25, 0.3) is 5.57 Å². The summed E-state index contributed by atoms with van der Waals surface area (Å²) in [5, 5.41) is 1.87. The molecule has 3 aromatic rings. The van der Waals surface area contributed by atoms with Crippen LogP contribution < -0.4 is 0 Å². The molecule has 0 bridgehead atoms. The molecule has 1 aliphatic rings. The molecule has 1 aromatic heterocycles. The monoisotopic (exact) mass is 409 g/mol. The Balaban J connectivity index is 1.65. The molecule has 140 valence electrons. The summed E-state index contributed by atoms with van der Waals surface area (Å²) in [6.07, 6.45) is 0. The predicted molar refractivity (Wildman–Crippen MR) is 111 cm³/mol. The lowest BCUT2D eigenvalue weighted by molar-refractivity contribution is -0.137. The highest BCUT2D eigenvalue weighted by Gasteiger charge is 2.39. The fraction of sp³-hybridized carbons (Fsp3) is 0.0909. The number of rotatable bonds is 6. The lowest BCUT2D eigenvalue weighted by Gasteiger charge is -2.15. The summed E-state index contributed by atoms with van der Waals surface area (Å²) in [5.41, 5.74) is 1.81. The number of hydrogen-bond donors (Lipinski definition) is 0. The number of carbonyl (C=O) groups is 2. The van der Waals surface area contributed by atoms with Crippen LogP contribution in [0, 0.1) is 5.82 Å². The van der Waals surface area contributed by atoms with Crippen molar-refractivity contribution in [2.24, 2.45) is 0 Å². The first kappa shape index (κ1) is 18.7. The molecule has 2 heterocycles. The maximum Gasteiger partial charge on any atom is 0.268 e. The molecular formula is C22H16FNO2S2. The molecule has 0 saturated carbocycles. The standard InChI is InChI=1S/C22H16FNO2S2/c23-17-10-5-4-9-16(17)13-24-21(25)19(18-11-6-12-27-18)20(22(24)26)28-14-15-7-2-1-3-8-15/h1-12H,13-14H2. The minimum atomic E-state index is -0.425. The number of amides is 2. The van der Waals surface area contributed by atoms with Gasteiger partial charge in [-0.05, 0) is 23.1 Å². The van der Waals surface area contributed by atoms with Gasteiger partial charge in [-0.25, -0.2) is 4.39 Å². The van der Waals surface area contributed by atoms with Crippen molar-refractivity contribution in [3.8, 4) is 0 Å². The van der Waals surface area contributed by atoms with Crippen molar-refractivity contribution in [1.82, 2.24) is 4.90 Å². The molecule has 4 rings (SSSR count). The fourth-order valence-corrected chi connectivity index (χ4v) is 4.91. The Kier molecular flexibility index (Phi) is 5.41. The van der Waals surface area contributed by atoms with Crippen molar-refractivity contribution in [1.29, 1.82) is 0 Å². The van der Waals surface area contributed by atoms with E-state index in [1.807, 2.05) is 47.8 Å². The smallest absolute Gasteiger partial charge is 0.268 e. The average Bonchev–Trinajstić information content (AvgIpc) is 3.31. The summed E-state index contributed by atoms with van der Waals surface area (Å²) in [7, 11) is 0. The van der Waals surface area contributed by atoms with E-state index < -0.39 is 5.82 Å². The number of thioether (sulfide) groups is 1. The van der Waals surface area contributed by atoms with E-state index in [1.165, 1.54) is 29.2 Å². The Morgan fingerprint density at radius 3 is 2.36 bits per heavy atom. The topological polar surface area (TPSA) is 37.4 Å². The summed E-state index contributed by atoms with van der Waals surface area (Å²) in [4.78, 5) is 28.5. The van der Waals surface area contributed by atoms with Gasteiger partial charge in [-0.15, -0.1) is 23.1 Å². The molecule has 0 atom stereocenters. The normalized spacial score (nSPS) is 14.2. The molecule has 3 nitrogen and oxygen atoms in total. The van der Waals surface area contributed by atoms with Crippen LogP contribution >= 0.6 is 23.1 Å². The Morgan fingerprint density at radius 1 is 0.893 bits per heavy atom. The van der Waals surface area contributed by atoms with Gasteiger partial charge in [-0.1, -0.05) is 54.6 Å². The highest BCUT2D eigenvalue weighted by Crippen LogP contribution is 2.39. The number of carbonyl (C=O) groups excluding carboxylic acids is 2. The summed E-state index contributed by atoms with van der Waals surface area (Å²) < 4.78 is 14.1. The van der Waals surface area contributed by atoms with E-state index in [9.17, 15) is 14.0 Å². The minimum absolute atomic E-state index is 0.0748. The molecule has 28 heavy (non-hydrogen) atoms. The van der Waals surface area contributed by atoms with E-state index in [2.05, 4.69) is 0 Å². The number of halogens is 1. The molecule has 0 fully saturated rings. The van der Waals surface area contributed by atoms with E-state index in [4.69, 9.17) is 0 Å². The molecule has 1 aliphatic heterocycles. The average molecular weight is 410 g/mol. The third-order valence-electron chi connectivity index (χ3n) is 4.41. The first-order chi connectivity index (χ1) is 13.6. The van der Waals surface area contributed by atoms with E-state index >= 15 is 0 Å². The summed E-state index contributed by atoms with van der Waals surface area (Å²) in [6, 6.07) is 19.7. The minimum Gasteiger partial charge on any atom is -0.269 e. The van der Waals surface area contributed by atoms with Gasteiger partial charge < -0.3 is 0 Å². The van der Waals surface area contributed by atoms with Gasteiger partial charge >= 0.3 is 0 Å². The Morgan fingerprint density at radius 2 is 1.64 bits per heavy atom. The fourth-order valence-electron chi connectivity index (χ4n) is 3.00. The second-order valence-corrected chi connectivity index (χ2v) is 8.18. The van der Waals surface area contributed by atoms with Gasteiger partial charge in [0.25, 0.3) is 11.8 Å². The van der Waals surface area contributed by atoms with Crippen molar-refractivity contribution in [2.75, 3.05) is 0 Å². The van der Waals surface area contributed by atoms with Crippen LogP contribution in [0.2, 0.25) is 0 Å². The lowest BCUT2D eigenvalue weighted by atomic mass is 10.2. The summed E-state index contributed by atoms with van der Waals surface area (Å²) in [6.45, 7) is -0.0748. The van der Waals surface area contributed by atoms with Gasteiger partial charge in [0.15, 0.2) is 0 Å². The van der Waals surface area contributed by atoms with Gasteiger partial charge in [-0.2, -0.15) is 0 Å². The lowest BCUT2D eigenvalue weighted by Crippen LogP contribution is -2.31. The number of nitrogens with zero attached hydrogens (tertiary/aromatic N) is 1. The van der Waals surface area contributed by atoms with Gasteiger partial charge in [0.05, 0.1) is 17.0 Å². The van der Waals surface area contributed by atoms with Crippen LogP contribution in [0.1, 0.15) is 16.0 Å². The molecule has 0 aliphatic carbocycles. The number of hydrogen-bond acceptors (Lipinski definition) is 4. The van der Waals surface area contributed by atoms with Crippen molar-refractivity contribution in [3.05, 3.63) is 98.8 Å². The number of imide groups is 1. The van der Waals surface area contributed by atoms with Crippen LogP contribution in [-0.4, -0.2) is 16.7 Å². The van der Waals surface area contributed by atoms with Gasteiger partial charge in [-0.3, -0.25) is 14.5 Å². The summed E-state index contributed by atoms with van der Waals surface area (Å²) in [5.74, 6) is -0.576. The first-order valence-electron chi connectivity index (χ1n) is 8.69. The van der Waals surface area contributed by atoms with Crippen LogP contribution in [0.15, 0.2) is 77.0 Å². The van der Waals surface area contributed by atoms with Crippen LogP contribution in [-0.2, 0) is 21.9 Å². The molecule has 2 amide bonds. The maximum atomic E-state index is 14.1. The highest BCUT2D eigenvalue weighted by molar-refractivity contribution is 8.03. The molecule has 6 heteroatoms. The zero-order valence-corrected chi connectivity index (χ0v) is 16.4. The van der Waals surface area contributed by atoms with Crippen LogP contribution in [0.3, 0.4) is 0 Å². The van der Waals surface area contributed by atoms with Crippen molar-refractivity contribution in [3.63, 3.8) is 0 Å². The predicted octanol–water partition coefficient (Wildman–Crippen LogP) is 5.10. The summed E-state index contributed by atoms with van der Waals surface area (Å²) >= 11 is 2.77. The molecule has 0 radical (unpaired) electrons. The van der Waals surface area contributed by atoms with E-state index in [0.717, 1.165) is 15.3 Å². The van der Waals surface area contributed by atoms with Gasteiger partial charge in [0.1, 0.15) is 5.82 Å². The van der Waals surface area contributed by atoms with E-state index in [0.29, 0.717) is 21.8 Å². The zero-order chi connectivity index (χ0) is 19.5. The van der Waals surface area contributed by atoms with Gasteiger partial charge in [0.2, 0.25) is 0 Å².